The molecule has 0 atom stereocenters. The molecule has 0 aromatic heterocycles. The lowest BCUT2D eigenvalue weighted by molar-refractivity contribution is 1.63. The second-order valence-electron chi connectivity index (χ2n) is 4.94. The molecular weight excluding hydrogens is 241 g/mol. The third-order valence-corrected chi connectivity index (χ3v) is 3.51. The van der Waals surface area contributed by atoms with Gasteiger partial charge in [-0.2, -0.15) is 0 Å². The number of para-hydroxylation sites is 1. The second kappa shape index (κ2) is 5.66. The second-order valence-corrected chi connectivity index (χ2v) is 4.94. The molecule has 0 radical (unpaired) electrons. The molecule has 0 fully saturated rings. The molecule has 0 unspecified atom stereocenters. The van der Waals surface area contributed by atoms with Crippen LogP contribution >= 0.6 is 0 Å². The van der Waals surface area contributed by atoms with Crippen LogP contribution in [0.4, 0.5) is 5.69 Å². The van der Waals surface area contributed by atoms with Crippen molar-refractivity contribution in [1.29, 1.82) is 0 Å². The van der Waals surface area contributed by atoms with Crippen molar-refractivity contribution in [2.24, 2.45) is 0 Å². The fourth-order valence-corrected chi connectivity index (χ4v) is 2.36. The van der Waals surface area contributed by atoms with E-state index in [2.05, 4.69) is 54.6 Å². The molecule has 0 saturated carbocycles. The van der Waals surface area contributed by atoms with E-state index >= 15 is 0 Å². The lowest BCUT2D eigenvalue weighted by Crippen LogP contribution is -2.28. The Labute approximate surface area is 120 Å². The number of rotatable bonds is 3. The molecular formula is C18H16BN. The van der Waals surface area contributed by atoms with Crippen LogP contribution in [0.25, 0.3) is 11.1 Å². The molecule has 0 aliphatic rings. The van der Waals surface area contributed by atoms with Crippen LogP contribution in [0, 0.1) is 0 Å². The maximum atomic E-state index is 5.99. The SMILES string of the molecule is Nc1ccccc1Bc1ccc(-c2ccccc2)cc1. The summed E-state index contributed by atoms with van der Waals surface area (Å²) in [5.74, 6) is 0. The van der Waals surface area contributed by atoms with Crippen LogP contribution in [0.2, 0.25) is 0 Å². The first kappa shape index (κ1) is 12.6. The normalized spacial score (nSPS) is 10.2. The predicted molar refractivity (Wildman–Crippen MR) is 89.1 cm³/mol. The molecule has 3 aromatic rings. The van der Waals surface area contributed by atoms with Gasteiger partial charge in [0, 0.05) is 5.69 Å². The van der Waals surface area contributed by atoms with Crippen molar-refractivity contribution in [3.05, 3.63) is 78.9 Å². The quantitative estimate of drug-likeness (QED) is 0.565. The Bertz CT molecular complexity index is 690. The first-order valence-corrected chi connectivity index (χ1v) is 6.81. The molecule has 0 aliphatic heterocycles. The third kappa shape index (κ3) is 2.75. The van der Waals surface area contributed by atoms with Crippen LogP contribution in [0.1, 0.15) is 0 Å². The predicted octanol–water partition coefficient (Wildman–Crippen LogP) is 2.32. The van der Waals surface area contributed by atoms with E-state index in [1.807, 2.05) is 24.3 Å². The van der Waals surface area contributed by atoms with Gasteiger partial charge in [-0.1, -0.05) is 83.7 Å². The Hall–Kier alpha value is -2.48. The zero-order valence-electron chi connectivity index (χ0n) is 11.3. The van der Waals surface area contributed by atoms with E-state index in [4.69, 9.17) is 5.73 Å². The molecule has 1 nitrogen and oxygen atoms in total. The largest absolute Gasteiger partial charge is 0.399 e. The van der Waals surface area contributed by atoms with E-state index in [0.29, 0.717) is 0 Å². The molecule has 0 bridgehead atoms. The molecule has 20 heavy (non-hydrogen) atoms. The standard InChI is InChI=1S/C18H16BN/c20-18-9-5-4-8-17(18)19-16-12-10-15(11-13-16)14-6-2-1-3-7-14/h1-13,19H,20H2. The molecule has 2 heteroatoms. The Morgan fingerprint density at radius 2 is 1.20 bits per heavy atom. The number of hydrogen-bond acceptors (Lipinski definition) is 1. The zero-order valence-corrected chi connectivity index (χ0v) is 11.3. The Kier molecular flexibility index (Phi) is 3.55. The molecule has 3 aromatic carbocycles. The zero-order chi connectivity index (χ0) is 13.8. The van der Waals surface area contributed by atoms with Crippen LogP contribution < -0.4 is 16.7 Å². The maximum Gasteiger partial charge on any atom is 0.194 e. The first-order chi connectivity index (χ1) is 9.83. The van der Waals surface area contributed by atoms with Gasteiger partial charge in [0.2, 0.25) is 0 Å². The minimum absolute atomic E-state index is 0.861. The summed E-state index contributed by atoms with van der Waals surface area (Å²) in [7, 11) is 0.877. The summed E-state index contributed by atoms with van der Waals surface area (Å²) in [5, 5.41) is 0. The summed E-state index contributed by atoms with van der Waals surface area (Å²) in [6, 6.07) is 27.2. The average Bonchev–Trinajstić information content (AvgIpc) is 2.51. The minimum Gasteiger partial charge on any atom is -0.399 e. The molecule has 2 N–H and O–H groups in total. The smallest absolute Gasteiger partial charge is 0.194 e. The van der Waals surface area contributed by atoms with Crippen LogP contribution in [-0.2, 0) is 0 Å². The molecule has 0 aliphatic carbocycles. The number of anilines is 1. The fraction of sp³-hybridized carbons (Fsp3) is 0. The van der Waals surface area contributed by atoms with Crippen molar-refractivity contribution < 1.29 is 0 Å². The van der Waals surface area contributed by atoms with Crippen LogP contribution in [0.5, 0.6) is 0 Å². The summed E-state index contributed by atoms with van der Waals surface area (Å²) >= 11 is 0. The van der Waals surface area contributed by atoms with Gasteiger partial charge in [-0.15, -0.1) is 0 Å². The van der Waals surface area contributed by atoms with E-state index in [9.17, 15) is 0 Å². The van der Waals surface area contributed by atoms with E-state index < -0.39 is 0 Å². The van der Waals surface area contributed by atoms with Gasteiger partial charge in [0.25, 0.3) is 0 Å². The highest BCUT2D eigenvalue weighted by molar-refractivity contribution is 6.68. The molecule has 0 heterocycles. The van der Waals surface area contributed by atoms with Crippen molar-refractivity contribution in [3.8, 4) is 11.1 Å². The van der Waals surface area contributed by atoms with E-state index in [0.717, 1.165) is 13.0 Å². The highest BCUT2D eigenvalue weighted by Gasteiger charge is 2.03. The maximum absolute atomic E-state index is 5.99. The van der Waals surface area contributed by atoms with Gasteiger partial charge in [-0.05, 0) is 17.2 Å². The number of hydrogen-bond donors (Lipinski definition) is 1. The topological polar surface area (TPSA) is 26.0 Å². The van der Waals surface area contributed by atoms with Crippen molar-refractivity contribution in [3.63, 3.8) is 0 Å². The van der Waals surface area contributed by atoms with Gasteiger partial charge in [-0.3, -0.25) is 0 Å². The Balaban J connectivity index is 1.82. The van der Waals surface area contributed by atoms with Gasteiger partial charge in [0.1, 0.15) is 0 Å². The summed E-state index contributed by atoms with van der Waals surface area (Å²) in [6.45, 7) is 0. The Morgan fingerprint density at radius 1 is 0.600 bits per heavy atom. The van der Waals surface area contributed by atoms with Gasteiger partial charge in [0.05, 0.1) is 0 Å². The number of benzene rings is 3. The van der Waals surface area contributed by atoms with Gasteiger partial charge in [-0.25, -0.2) is 0 Å². The van der Waals surface area contributed by atoms with Crippen LogP contribution in [-0.4, -0.2) is 7.28 Å². The third-order valence-electron chi connectivity index (χ3n) is 3.51. The monoisotopic (exact) mass is 257 g/mol. The summed E-state index contributed by atoms with van der Waals surface area (Å²) < 4.78 is 0. The van der Waals surface area contributed by atoms with E-state index in [1.54, 1.807) is 0 Å². The highest BCUT2D eigenvalue weighted by atomic mass is 14.5. The Morgan fingerprint density at radius 3 is 1.90 bits per heavy atom. The van der Waals surface area contributed by atoms with Crippen molar-refractivity contribution in [2.45, 2.75) is 0 Å². The molecule has 0 saturated heterocycles. The van der Waals surface area contributed by atoms with Crippen molar-refractivity contribution >= 4 is 23.9 Å². The first-order valence-electron chi connectivity index (χ1n) is 6.81. The summed E-state index contributed by atoms with van der Waals surface area (Å²) in [5.41, 5.74) is 11.8. The lowest BCUT2D eigenvalue weighted by Gasteiger charge is -2.06. The molecule has 0 spiro atoms. The van der Waals surface area contributed by atoms with Gasteiger partial charge in [0.15, 0.2) is 7.28 Å². The molecule has 96 valence electrons. The molecule has 0 amide bonds. The number of nitrogen functional groups attached to an aromatic ring is 1. The number of nitrogens with two attached hydrogens (primary N) is 1. The fourth-order valence-electron chi connectivity index (χ4n) is 2.36. The van der Waals surface area contributed by atoms with Gasteiger partial charge < -0.3 is 5.73 Å². The van der Waals surface area contributed by atoms with Crippen LogP contribution in [0.3, 0.4) is 0 Å². The van der Waals surface area contributed by atoms with Crippen molar-refractivity contribution in [1.82, 2.24) is 0 Å². The van der Waals surface area contributed by atoms with Crippen LogP contribution in [0.15, 0.2) is 78.9 Å². The summed E-state index contributed by atoms with van der Waals surface area (Å²) in [6.07, 6.45) is 0. The molecule has 3 rings (SSSR count). The van der Waals surface area contributed by atoms with E-state index in [-0.39, 0.29) is 0 Å². The highest BCUT2D eigenvalue weighted by Crippen LogP contribution is 2.16. The van der Waals surface area contributed by atoms with E-state index in [1.165, 1.54) is 22.1 Å². The lowest BCUT2D eigenvalue weighted by atomic mass is 9.63. The minimum atomic E-state index is 0.861. The van der Waals surface area contributed by atoms with Crippen molar-refractivity contribution in [2.75, 3.05) is 5.73 Å². The summed E-state index contributed by atoms with van der Waals surface area (Å²) in [4.78, 5) is 0. The van der Waals surface area contributed by atoms with Gasteiger partial charge >= 0.3 is 0 Å². The average molecular weight is 257 g/mol.